The van der Waals surface area contributed by atoms with Crippen LogP contribution in [0.1, 0.15) is 28.4 Å². The molecular weight excluding hydrogens is 463 g/mol. The zero-order valence-electron chi connectivity index (χ0n) is 19.1. The van der Waals surface area contributed by atoms with Crippen LogP contribution in [0.5, 0.6) is 6.01 Å². The number of halogens is 4. The highest BCUT2D eigenvalue weighted by atomic mass is 35.5. The second-order valence-corrected chi connectivity index (χ2v) is 9.72. The summed E-state index contributed by atoms with van der Waals surface area (Å²) in [7, 11) is 0. The summed E-state index contributed by atoms with van der Waals surface area (Å²) in [6.07, 6.45) is 1.99. The predicted octanol–water partition coefficient (Wildman–Crippen LogP) is 3.36. The van der Waals surface area contributed by atoms with E-state index >= 15 is 4.39 Å². The van der Waals surface area contributed by atoms with Crippen LogP contribution in [0.2, 0.25) is 5.15 Å². The van der Waals surface area contributed by atoms with Crippen LogP contribution in [-0.4, -0.2) is 81.9 Å². The predicted molar refractivity (Wildman–Crippen MR) is 116 cm³/mol. The van der Waals surface area contributed by atoms with E-state index in [4.69, 9.17) is 35.4 Å². The topological polar surface area (TPSA) is 63.6 Å². The molecule has 3 saturated heterocycles. The van der Waals surface area contributed by atoms with Crippen molar-refractivity contribution in [3.8, 4) is 6.01 Å². The van der Waals surface area contributed by atoms with Crippen LogP contribution in [0.25, 0.3) is 10.9 Å². The molecule has 4 fully saturated rings. The van der Waals surface area contributed by atoms with Crippen LogP contribution in [0.15, 0.2) is 6.20 Å². The largest absolute Gasteiger partial charge is 0.461 e. The van der Waals surface area contributed by atoms with Crippen molar-refractivity contribution in [1.29, 1.82) is 0 Å². The Labute approximate surface area is 196 Å². The van der Waals surface area contributed by atoms with E-state index < -0.39 is 24.1 Å². The SMILES string of the molecule is [2H]C([2H])(Oc1nc(N2CCCO[C@@H]3C2[C@@H]3Cl)c2cnc(Cl)c(F)c2n1)[C@@]12CCCN1C[C@H](F)C2. The molecule has 11 heteroatoms. The normalized spacial score (nSPS) is 35.8. The quantitative estimate of drug-likeness (QED) is 0.483. The number of rotatable bonds is 4. The van der Waals surface area contributed by atoms with Gasteiger partial charge in [-0.2, -0.15) is 9.97 Å². The van der Waals surface area contributed by atoms with Crippen LogP contribution in [-0.2, 0) is 4.74 Å². The van der Waals surface area contributed by atoms with Crippen molar-refractivity contribution >= 4 is 39.9 Å². The highest BCUT2D eigenvalue weighted by Crippen LogP contribution is 2.44. The molecule has 0 amide bonds. The van der Waals surface area contributed by atoms with Gasteiger partial charge in [0, 0.05) is 32.3 Å². The smallest absolute Gasteiger partial charge is 0.319 e. The number of ether oxygens (including phenoxy) is 2. The molecule has 2 aromatic heterocycles. The first-order valence-electron chi connectivity index (χ1n) is 11.8. The average molecular weight is 488 g/mol. The highest BCUT2D eigenvalue weighted by Gasteiger charge is 2.56. The van der Waals surface area contributed by atoms with Crippen LogP contribution in [0.4, 0.5) is 14.6 Å². The molecule has 32 heavy (non-hydrogen) atoms. The number of nitrogens with zero attached hydrogens (tertiary/aromatic N) is 5. The van der Waals surface area contributed by atoms with Gasteiger partial charge in [0.25, 0.3) is 0 Å². The molecule has 0 aromatic carbocycles. The summed E-state index contributed by atoms with van der Waals surface area (Å²) in [5, 5.41) is -0.296. The minimum atomic E-state index is -2.30. The Hall–Kier alpha value is -1.55. The third-order valence-electron chi connectivity index (χ3n) is 6.86. The molecule has 4 aliphatic rings. The zero-order valence-corrected chi connectivity index (χ0v) is 18.6. The Balaban J connectivity index is 1.44. The molecular formula is C21H23Cl2F2N5O2. The van der Waals surface area contributed by atoms with Crippen molar-refractivity contribution < 1.29 is 21.0 Å². The monoisotopic (exact) mass is 487 g/mol. The Morgan fingerprint density at radius 1 is 1.34 bits per heavy atom. The number of hydrogen-bond donors (Lipinski definition) is 0. The first-order chi connectivity index (χ1) is 16.2. The summed E-state index contributed by atoms with van der Waals surface area (Å²) in [4.78, 5) is 16.3. The molecule has 6 rings (SSSR count). The lowest BCUT2D eigenvalue weighted by atomic mass is 9.95. The van der Waals surface area contributed by atoms with Crippen LogP contribution >= 0.6 is 23.2 Å². The molecule has 172 valence electrons. The minimum Gasteiger partial charge on any atom is -0.461 e. The number of anilines is 1. The third-order valence-corrected chi connectivity index (χ3v) is 7.63. The van der Waals surface area contributed by atoms with Gasteiger partial charge in [-0.15, -0.1) is 11.6 Å². The first-order valence-corrected chi connectivity index (χ1v) is 11.7. The molecule has 1 saturated carbocycles. The first kappa shape index (κ1) is 18.8. The number of hydrogen-bond acceptors (Lipinski definition) is 7. The maximum absolute atomic E-state index is 15.0. The second kappa shape index (κ2) is 7.75. The molecule has 0 spiro atoms. The maximum atomic E-state index is 15.0. The number of alkyl halides is 2. The Bertz CT molecular complexity index is 1150. The minimum absolute atomic E-state index is 0.0195. The average Bonchev–Trinajstić information content (AvgIpc) is 3.14. The third kappa shape index (κ3) is 3.31. The fourth-order valence-corrected chi connectivity index (χ4v) is 5.84. The molecule has 3 aliphatic heterocycles. The summed E-state index contributed by atoms with van der Waals surface area (Å²) in [5.41, 5.74) is -1.25. The summed E-state index contributed by atoms with van der Waals surface area (Å²) in [5.74, 6) is -0.516. The van der Waals surface area contributed by atoms with E-state index in [1.54, 1.807) is 4.90 Å². The summed E-state index contributed by atoms with van der Waals surface area (Å²) >= 11 is 12.4. The van der Waals surface area contributed by atoms with E-state index in [0.29, 0.717) is 43.7 Å². The van der Waals surface area contributed by atoms with E-state index in [9.17, 15) is 4.39 Å². The molecule has 0 bridgehead atoms. The van der Waals surface area contributed by atoms with Gasteiger partial charge >= 0.3 is 6.01 Å². The fourth-order valence-electron chi connectivity index (χ4n) is 5.29. The number of aromatic nitrogens is 3. The Morgan fingerprint density at radius 3 is 3.09 bits per heavy atom. The molecule has 7 nitrogen and oxygen atoms in total. The number of fused-ring (bicyclic) bond motifs is 3. The van der Waals surface area contributed by atoms with E-state index in [0.717, 1.165) is 6.42 Å². The van der Waals surface area contributed by atoms with Crippen molar-refractivity contribution in [2.24, 2.45) is 0 Å². The lowest BCUT2D eigenvalue weighted by molar-refractivity contribution is 0.107. The van der Waals surface area contributed by atoms with Crippen molar-refractivity contribution in [2.75, 3.05) is 37.7 Å². The molecule has 1 unspecified atom stereocenters. The summed E-state index contributed by atoms with van der Waals surface area (Å²) in [6.45, 7) is -0.458. The van der Waals surface area contributed by atoms with E-state index in [2.05, 4.69) is 15.0 Å². The van der Waals surface area contributed by atoms with Gasteiger partial charge in [0.05, 0.1) is 31.2 Å². The van der Waals surface area contributed by atoms with Gasteiger partial charge in [0.2, 0.25) is 0 Å². The summed E-state index contributed by atoms with van der Waals surface area (Å²) < 4.78 is 58.4. The van der Waals surface area contributed by atoms with E-state index in [1.165, 1.54) is 6.20 Å². The molecule has 5 atom stereocenters. The number of pyridine rings is 1. The lowest BCUT2D eigenvalue weighted by Crippen LogP contribution is -2.43. The van der Waals surface area contributed by atoms with Crippen molar-refractivity contribution in [1.82, 2.24) is 19.9 Å². The van der Waals surface area contributed by atoms with Crippen molar-refractivity contribution in [3.05, 3.63) is 17.2 Å². The van der Waals surface area contributed by atoms with Gasteiger partial charge in [0.15, 0.2) is 11.0 Å². The van der Waals surface area contributed by atoms with Gasteiger partial charge in [-0.25, -0.2) is 13.8 Å². The van der Waals surface area contributed by atoms with Gasteiger partial charge in [-0.05, 0) is 25.8 Å². The maximum Gasteiger partial charge on any atom is 0.319 e. The highest BCUT2D eigenvalue weighted by molar-refractivity contribution is 6.30. The Kier molecular flexibility index (Phi) is 4.56. The molecule has 0 radical (unpaired) electrons. The van der Waals surface area contributed by atoms with Gasteiger partial charge in [0.1, 0.15) is 24.1 Å². The lowest BCUT2D eigenvalue weighted by Gasteiger charge is -2.31. The zero-order chi connectivity index (χ0) is 23.8. The van der Waals surface area contributed by atoms with Gasteiger partial charge < -0.3 is 14.4 Å². The fraction of sp³-hybridized carbons (Fsp3) is 0.667. The van der Waals surface area contributed by atoms with E-state index in [1.807, 2.05) is 4.90 Å². The molecule has 1 aliphatic carbocycles. The Morgan fingerprint density at radius 2 is 2.22 bits per heavy atom. The standard InChI is InChI=1S/C21H23Cl2F2N5O2/c22-13-16-17(13)31-6-2-5-30(16)19-12-8-26-18(23)14(25)15(12)27-20(28-19)32-10-21-3-1-4-29(21)9-11(24)7-21/h8,11,13,16-17H,1-7,9-10H2/t11-,13+,16?,17+,21+/m1/s1/i10D2. The van der Waals surface area contributed by atoms with Crippen LogP contribution in [0, 0.1) is 5.82 Å². The van der Waals surface area contributed by atoms with Gasteiger partial charge in [-0.1, -0.05) is 11.6 Å². The molecule has 2 aromatic rings. The van der Waals surface area contributed by atoms with Gasteiger partial charge in [-0.3, -0.25) is 4.90 Å². The molecule has 0 N–H and O–H groups in total. The van der Waals surface area contributed by atoms with Crippen LogP contribution in [0.3, 0.4) is 0 Å². The van der Waals surface area contributed by atoms with Crippen molar-refractivity contribution in [3.63, 3.8) is 0 Å². The van der Waals surface area contributed by atoms with Crippen LogP contribution < -0.4 is 9.64 Å². The van der Waals surface area contributed by atoms with Crippen molar-refractivity contribution in [2.45, 2.75) is 54.9 Å². The summed E-state index contributed by atoms with van der Waals surface area (Å²) in [6, 6.07) is -0.512. The van der Waals surface area contributed by atoms with E-state index in [-0.39, 0.29) is 47.2 Å². The second-order valence-electron chi connectivity index (χ2n) is 8.86. The molecule has 5 heterocycles.